The van der Waals surface area contributed by atoms with Crippen LogP contribution in [0.1, 0.15) is 45.4 Å². The third-order valence-electron chi connectivity index (χ3n) is 3.84. The van der Waals surface area contributed by atoms with E-state index in [0.717, 1.165) is 19.3 Å². The molecule has 1 heterocycles. The molecule has 2 aliphatic rings. The van der Waals surface area contributed by atoms with Crippen molar-refractivity contribution in [3.63, 3.8) is 0 Å². The predicted molar refractivity (Wildman–Crippen MR) is 63.7 cm³/mol. The zero-order valence-corrected chi connectivity index (χ0v) is 10.4. The second kappa shape index (κ2) is 4.55. The average Bonchev–Trinajstić information content (AvgIpc) is 2.53. The van der Waals surface area contributed by atoms with Gasteiger partial charge in [-0.2, -0.15) is 0 Å². The summed E-state index contributed by atoms with van der Waals surface area (Å²) >= 11 is 0. The summed E-state index contributed by atoms with van der Waals surface area (Å²) < 4.78 is 0. The second-order valence-corrected chi connectivity index (χ2v) is 5.16. The van der Waals surface area contributed by atoms with Crippen molar-refractivity contribution in [1.29, 1.82) is 0 Å². The topological polar surface area (TPSA) is 74.7 Å². The quantitative estimate of drug-likeness (QED) is 0.771. The lowest BCUT2D eigenvalue weighted by Gasteiger charge is -2.42. The summed E-state index contributed by atoms with van der Waals surface area (Å²) in [6, 6.07) is 0. The number of rotatable bonds is 3. The van der Waals surface area contributed by atoms with Gasteiger partial charge in [-0.3, -0.25) is 19.3 Å². The third kappa shape index (κ3) is 2.05. The smallest absolute Gasteiger partial charge is 0.305 e. The van der Waals surface area contributed by atoms with Crippen molar-refractivity contribution in [2.45, 2.75) is 51.0 Å². The largest absolute Gasteiger partial charge is 0.481 e. The molecule has 2 rings (SSSR count). The van der Waals surface area contributed by atoms with Crippen molar-refractivity contribution < 1.29 is 19.5 Å². The Morgan fingerprint density at radius 2 is 1.94 bits per heavy atom. The maximum Gasteiger partial charge on any atom is 0.305 e. The van der Waals surface area contributed by atoms with Crippen LogP contribution in [-0.4, -0.2) is 33.3 Å². The van der Waals surface area contributed by atoms with E-state index >= 15 is 0 Å². The highest BCUT2D eigenvalue weighted by molar-refractivity contribution is 6.16. The van der Waals surface area contributed by atoms with Crippen LogP contribution in [0.25, 0.3) is 0 Å². The minimum atomic E-state index is -0.956. The highest BCUT2D eigenvalue weighted by Crippen LogP contribution is 2.39. The molecule has 0 atom stereocenters. The molecule has 1 N–H and O–H groups in total. The molecule has 5 heteroatoms. The van der Waals surface area contributed by atoms with Crippen LogP contribution in [0.2, 0.25) is 0 Å². The summed E-state index contributed by atoms with van der Waals surface area (Å²) in [5, 5.41) is 9.06. The van der Waals surface area contributed by atoms with Gasteiger partial charge in [-0.15, -0.1) is 0 Å². The number of aliphatic carboxylic acids is 1. The van der Waals surface area contributed by atoms with E-state index in [4.69, 9.17) is 5.11 Å². The van der Waals surface area contributed by atoms with Crippen LogP contribution in [0.4, 0.5) is 0 Å². The molecule has 0 bridgehead atoms. The molecule has 0 saturated heterocycles. The molecule has 0 unspecified atom stereocenters. The predicted octanol–water partition coefficient (Wildman–Crippen LogP) is 1.48. The van der Waals surface area contributed by atoms with E-state index in [2.05, 4.69) is 0 Å². The summed E-state index contributed by atoms with van der Waals surface area (Å²) in [5.41, 5.74) is -0.415. The number of hydrogen-bond acceptors (Lipinski definition) is 3. The fraction of sp³-hybridized carbons (Fsp3) is 0.615. The number of carbonyl (C=O) groups is 3. The zero-order valence-electron chi connectivity index (χ0n) is 10.4. The first-order valence-corrected chi connectivity index (χ1v) is 6.25. The summed E-state index contributed by atoms with van der Waals surface area (Å²) in [5.74, 6) is -1.65. The Morgan fingerprint density at radius 1 is 1.33 bits per heavy atom. The van der Waals surface area contributed by atoms with Gasteiger partial charge in [-0.05, 0) is 19.8 Å². The molecule has 1 aliphatic heterocycles. The zero-order chi connectivity index (χ0) is 13.3. The third-order valence-corrected chi connectivity index (χ3v) is 3.84. The van der Waals surface area contributed by atoms with Crippen LogP contribution in [0.15, 0.2) is 11.6 Å². The van der Waals surface area contributed by atoms with E-state index in [1.807, 2.05) is 0 Å². The standard InChI is InChI=1S/C13H17NO4/c1-9-7-10(15)14(12(9)18)13(8-11(16)17)5-3-2-4-6-13/h7H,2-6,8H2,1H3,(H,16,17). The summed E-state index contributed by atoms with van der Waals surface area (Å²) in [7, 11) is 0. The number of carboxylic acid groups (broad SMARTS) is 1. The first-order valence-electron chi connectivity index (χ1n) is 6.25. The molecule has 5 nitrogen and oxygen atoms in total. The van der Waals surface area contributed by atoms with Crippen molar-refractivity contribution in [2.75, 3.05) is 0 Å². The van der Waals surface area contributed by atoms with Crippen LogP contribution >= 0.6 is 0 Å². The molecule has 0 spiro atoms. The first kappa shape index (κ1) is 12.8. The van der Waals surface area contributed by atoms with Gasteiger partial charge < -0.3 is 5.11 Å². The van der Waals surface area contributed by atoms with E-state index < -0.39 is 11.5 Å². The lowest BCUT2D eigenvalue weighted by Crippen LogP contribution is -2.54. The van der Waals surface area contributed by atoms with Crippen LogP contribution in [0, 0.1) is 0 Å². The second-order valence-electron chi connectivity index (χ2n) is 5.16. The van der Waals surface area contributed by atoms with Crippen molar-refractivity contribution in [3.05, 3.63) is 11.6 Å². The molecule has 98 valence electrons. The summed E-state index contributed by atoms with van der Waals surface area (Å²) in [6.07, 6.45) is 5.11. The van der Waals surface area contributed by atoms with Gasteiger partial charge in [0.25, 0.3) is 11.8 Å². The minimum absolute atomic E-state index is 0.147. The molecule has 1 fully saturated rings. The summed E-state index contributed by atoms with van der Waals surface area (Å²) in [6.45, 7) is 1.59. The highest BCUT2D eigenvalue weighted by atomic mass is 16.4. The Bertz CT molecular complexity index is 432. The normalized spacial score (nSPS) is 23.2. The Morgan fingerprint density at radius 3 is 2.39 bits per heavy atom. The van der Waals surface area contributed by atoms with Crippen molar-refractivity contribution in [1.82, 2.24) is 4.90 Å². The number of carboxylic acids is 1. The molecule has 2 amide bonds. The molecule has 0 aromatic heterocycles. The van der Waals surface area contributed by atoms with Crippen LogP contribution < -0.4 is 0 Å². The Balaban J connectivity index is 2.32. The Hall–Kier alpha value is -1.65. The van der Waals surface area contributed by atoms with E-state index in [1.165, 1.54) is 11.0 Å². The van der Waals surface area contributed by atoms with Gasteiger partial charge in [0, 0.05) is 11.6 Å². The lowest BCUT2D eigenvalue weighted by atomic mass is 9.78. The Labute approximate surface area is 105 Å². The van der Waals surface area contributed by atoms with Gasteiger partial charge >= 0.3 is 5.97 Å². The van der Waals surface area contributed by atoms with Crippen LogP contribution in [-0.2, 0) is 14.4 Å². The van der Waals surface area contributed by atoms with Gasteiger partial charge in [-0.1, -0.05) is 19.3 Å². The summed E-state index contributed by atoms with van der Waals surface area (Å²) in [4.78, 5) is 36.2. The van der Waals surface area contributed by atoms with Crippen LogP contribution in [0.5, 0.6) is 0 Å². The fourth-order valence-corrected chi connectivity index (χ4v) is 3.01. The molecular formula is C13H17NO4. The van der Waals surface area contributed by atoms with Crippen molar-refractivity contribution >= 4 is 17.8 Å². The van der Waals surface area contributed by atoms with E-state index in [9.17, 15) is 14.4 Å². The number of amides is 2. The molecule has 18 heavy (non-hydrogen) atoms. The lowest BCUT2D eigenvalue weighted by molar-refractivity contribution is -0.151. The molecule has 1 saturated carbocycles. The van der Waals surface area contributed by atoms with Crippen molar-refractivity contribution in [3.8, 4) is 0 Å². The number of nitrogens with zero attached hydrogens (tertiary/aromatic N) is 1. The van der Waals surface area contributed by atoms with E-state index in [1.54, 1.807) is 6.92 Å². The van der Waals surface area contributed by atoms with E-state index in [0.29, 0.717) is 18.4 Å². The van der Waals surface area contributed by atoms with Gasteiger partial charge in [0.1, 0.15) is 0 Å². The molecule has 0 aromatic carbocycles. The number of imide groups is 1. The molecule has 1 aliphatic carbocycles. The maximum atomic E-state index is 12.0. The minimum Gasteiger partial charge on any atom is -0.481 e. The molecule has 0 aromatic rings. The fourth-order valence-electron chi connectivity index (χ4n) is 3.01. The monoisotopic (exact) mass is 251 g/mol. The van der Waals surface area contributed by atoms with E-state index in [-0.39, 0.29) is 18.2 Å². The maximum absolute atomic E-state index is 12.0. The van der Waals surface area contributed by atoms with Gasteiger partial charge in [-0.25, -0.2) is 0 Å². The Kier molecular flexibility index (Phi) is 3.24. The number of carbonyl (C=O) groups excluding carboxylic acids is 2. The van der Waals surface area contributed by atoms with Gasteiger partial charge in [0.05, 0.1) is 12.0 Å². The van der Waals surface area contributed by atoms with Gasteiger partial charge in [0.2, 0.25) is 0 Å². The van der Waals surface area contributed by atoms with Crippen LogP contribution in [0.3, 0.4) is 0 Å². The highest BCUT2D eigenvalue weighted by Gasteiger charge is 2.47. The first-order chi connectivity index (χ1) is 8.46. The average molecular weight is 251 g/mol. The SMILES string of the molecule is CC1=CC(=O)N(C2(CC(=O)O)CCCCC2)C1=O. The van der Waals surface area contributed by atoms with Crippen molar-refractivity contribution in [2.24, 2.45) is 0 Å². The molecular weight excluding hydrogens is 234 g/mol. The van der Waals surface area contributed by atoms with Gasteiger partial charge in [0.15, 0.2) is 0 Å². The number of hydrogen-bond donors (Lipinski definition) is 1. The molecule has 0 radical (unpaired) electrons.